The van der Waals surface area contributed by atoms with E-state index in [1.54, 1.807) is 31.2 Å². The second-order valence-electron chi connectivity index (χ2n) is 6.22. The molecule has 1 aromatic heterocycles. The third-order valence-electron chi connectivity index (χ3n) is 4.23. The van der Waals surface area contributed by atoms with Crippen molar-refractivity contribution in [2.24, 2.45) is 0 Å². The predicted octanol–water partition coefficient (Wildman–Crippen LogP) is 4.12. The normalized spacial score (nSPS) is 12.1. The molecule has 0 amide bonds. The molecule has 5 nitrogen and oxygen atoms in total. The molecule has 28 heavy (non-hydrogen) atoms. The summed E-state index contributed by atoms with van der Waals surface area (Å²) in [6, 6.07) is 10.9. The number of nitrogens with zero attached hydrogens (tertiary/aromatic N) is 1. The Morgan fingerprint density at radius 3 is 2.61 bits per heavy atom. The van der Waals surface area contributed by atoms with Crippen LogP contribution in [0, 0.1) is 19.7 Å². The molecule has 146 valence electrons. The first-order valence-corrected chi connectivity index (χ1v) is 10.5. The number of aryl methyl sites for hydroxylation is 2. The number of carbonyl (C=O) groups is 1. The number of aromatic carboxylic acids is 1. The number of benzene rings is 2. The summed E-state index contributed by atoms with van der Waals surface area (Å²) in [5, 5.41) is 10.0. The Kier molecular flexibility index (Phi) is 6.33. The largest absolute Gasteiger partial charge is 0.478 e. The van der Waals surface area contributed by atoms with Gasteiger partial charge in [-0.1, -0.05) is 6.07 Å². The fraction of sp³-hybridized carbons (Fsp3) is 0.200. The van der Waals surface area contributed by atoms with Crippen molar-refractivity contribution in [3.63, 3.8) is 0 Å². The lowest BCUT2D eigenvalue weighted by molar-refractivity contribution is 0.0696. The highest BCUT2D eigenvalue weighted by Crippen LogP contribution is 2.28. The van der Waals surface area contributed by atoms with E-state index in [9.17, 15) is 18.5 Å². The Morgan fingerprint density at radius 2 is 1.93 bits per heavy atom. The van der Waals surface area contributed by atoms with Crippen molar-refractivity contribution >= 4 is 28.3 Å². The van der Waals surface area contributed by atoms with Gasteiger partial charge in [0.15, 0.2) is 0 Å². The van der Waals surface area contributed by atoms with Gasteiger partial charge in [-0.2, -0.15) is 0 Å². The molecule has 0 spiro atoms. The molecular weight excluding hydrogens is 399 g/mol. The van der Waals surface area contributed by atoms with E-state index in [0.29, 0.717) is 23.4 Å². The van der Waals surface area contributed by atoms with Crippen molar-refractivity contribution < 1.29 is 18.5 Å². The molecule has 0 bridgehead atoms. The predicted molar refractivity (Wildman–Crippen MR) is 108 cm³/mol. The highest BCUT2D eigenvalue weighted by Gasteiger charge is 2.13. The molecule has 2 N–H and O–H groups in total. The lowest BCUT2D eigenvalue weighted by Gasteiger charge is -2.07. The zero-order valence-electron chi connectivity index (χ0n) is 15.4. The van der Waals surface area contributed by atoms with Gasteiger partial charge in [0.05, 0.1) is 16.2 Å². The minimum Gasteiger partial charge on any atom is -0.478 e. The molecule has 0 aliphatic carbocycles. The van der Waals surface area contributed by atoms with Crippen LogP contribution in [0.15, 0.2) is 47.4 Å². The third-order valence-corrected chi connectivity index (χ3v) is 6.44. The maximum atomic E-state index is 13.1. The Balaban J connectivity index is 1.64. The Labute approximate surface area is 168 Å². The third kappa shape index (κ3) is 4.70. The van der Waals surface area contributed by atoms with Crippen molar-refractivity contribution in [2.45, 2.75) is 25.2 Å². The number of carboxylic acid groups (broad SMARTS) is 1. The Hall–Kier alpha value is -2.42. The van der Waals surface area contributed by atoms with Crippen LogP contribution in [0.5, 0.6) is 0 Å². The summed E-state index contributed by atoms with van der Waals surface area (Å²) < 4.78 is 28.4. The standard InChI is InChI=1S/C20H19FN2O3S2/c1-12-3-8-16(11-17(12)20(24)25)28(26)22-10-9-18-13(2)27-19(23-18)14-4-6-15(21)7-5-14/h3-8,11,22H,9-10H2,1-2H3,(H,24,25). The minimum absolute atomic E-state index is 0.145. The minimum atomic E-state index is -1.51. The van der Waals surface area contributed by atoms with Crippen molar-refractivity contribution in [1.29, 1.82) is 0 Å². The first-order valence-electron chi connectivity index (χ1n) is 8.56. The summed E-state index contributed by atoms with van der Waals surface area (Å²) in [5.41, 5.74) is 2.52. The van der Waals surface area contributed by atoms with E-state index in [0.717, 1.165) is 21.1 Å². The van der Waals surface area contributed by atoms with Gasteiger partial charge >= 0.3 is 5.97 Å². The number of hydrogen-bond donors (Lipinski definition) is 2. The lowest BCUT2D eigenvalue weighted by Crippen LogP contribution is -2.21. The second-order valence-corrected chi connectivity index (χ2v) is 8.72. The van der Waals surface area contributed by atoms with Crippen LogP contribution in [0.4, 0.5) is 4.39 Å². The molecule has 3 aromatic rings. The smallest absolute Gasteiger partial charge is 0.335 e. The number of halogens is 1. The van der Waals surface area contributed by atoms with Crippen LogP contribution in [0.25, 0.3) is 10.6 Å². The van der Waals surface area contributed by atoms with Gasteiger partial charge in [0.1, 0.15) is 21.8 Å². The maximum absolute atomic E-state index is 13.1. The maximum Gasteiger partial charge on any atom is 0.335 e. The van der Waals surface area contributed by atoms with E-state index in [4.69, 9.17) is 0 Å². The zero-order valence-corrected chi connectivity index (χ0v) is 17.0. The van der Waals surface area contributed by atoms with E-state index >= 15 is 0 Å². The van der Waals surface area contributed by atoms with Gasteiger partial charge < -0.3 is 5.11 Å². The van der Waals surface area contributed by atoms with Gasteiger partial charge in [-0.05, 0) is 55.8 Å². The van der Waals surface area contributed by atoms with Crippen LogP contribution in [0.3, 0.4) is 0 Å². The van der Waals surface area contributed by atoms with E-state index in [2.05, 4.69) is 9.71 Å². The summed E-state index contributed by atoms with van der Waals surface area (Å²) in [4.78, 5) is 17.3. The number of hydrogen-bond acceptors (Lipinski definition) is 4. The van der Waals surface area contributed by atoms with E-state index < -0.39 is 17.0 Å². The van der Waals surface area contributed by atoms with Crippen LogP contribution in [-0.4, -0.2) is 26.8 Å². The fourth-order valence-electron chi connectivity index (χ4n) is 2.67. The van der Waals surface area contributed by atoms with Crippen LogP contribution in [0.1, 0.15) is 26.5 Å². The molecule has 3 rings (SSSR count). The highest BCUT2D eigenvalue weighted by molar-refractivity contribution is 7.83. The van der Waals surface area contributed by atoms with E-state index in [1.807, 2.05) is 6.92 Å². The number of rotatable bonds is 7. The molecule has 1 atom stereocenters. The van der Waals surface area contributed by atoms with Crippen molar-refractivity contribution in [1.82, 2.24) is 9.71 Å². The molecule has 1 heterocycles. The van der Waals surface area contributed by atoms with Crippen molar-refractivity contribution in [2.75, 3.05) is 6.54 Å². The lowest BCUT2D eigenvalue weighted by atomic mass is 10.1. The summed E-state index contributed by atoms with van der Waals surface area (Å²) in [6.45, 7) is 4.10. The summed E-state index contributed by atoms with van der Waals surface area (Å²) >= 11 is 1.53. The van der Waals surface area contributed by atoms with Crippen molar-refractivity contribution in [3.05, 3.63) is 70.0 Å². The van der Waals surface area contributed by atoms with Gasteiger partial charge in [-0.3, -0.25) is 0 Å². The van der Waals surface area contributed by atoms with Crippen LogP contribution in [0.2, 0.25) is 0 Å². The summed E-state index contributed by atoms with van der Waals surface area (Å²) in [6.07, 6.45) is 0.576. The number of carboxylic acids is 1. The number of aromatic nitrogens is 1. The topological polar surface area (TPSA) is 79.3 Å². The van der Waals surface area contributed by atoms with Gasteiger partial charge in [-0.15, -0.1) is 11.3 Å². The molecule has 0 radical (unpaired) electrons. The summed E-state index contributed by atoms with van der Waals surface area (Å²) in [5.74, 6) is -1.33. The number of nitrogens with one attached hydrogen (secondary N) is 1. The zero-order chi connectivity index (χ0) is 20.3. The van der Waals surface area contributed by atoms with Crippen LogP contribution >= 0.6 is 11.3 Å². The van der Waals surface area contributed by atoms with Crippen LogP contribution in [-0.2, 0) is 17.4 Å². The molecule has 1 unspecified atom stereocenters. The average molecular weight is 419 g/mol. The SMILES string of the molecule is Cc1ccc(S(=O)NCCc2nc(-c3ccc(F)cc3)sc2C)cc1C(=O)O. The summed E-state index contributed by atoms with van der Waals surface area (Å²) in [7, 11) is -1.51. The monoisotopic (exact) mass is 418 g/mol. The number of thiazole rings is 1. The molecule has 0 aliphatic rings. The van der Waals surface area contributed by atoms with Gasteiger partial charge in [0.25, 0.3) is 0 Å². The Morgan fingerprint density at radius 1 is 1.21 bits per heavy atom. The van der Waals surface area contributed by atoms with Gasteiger partial charge in [0, 0.05) is 23.4 Å². The highest BCUT2D eigenvalue weighted by atomic mass is 32.2. The first kappa shape index (κ1) is 20.3. The Bertz CT molecular complexity index is 1030. The molecule has 0 fully saturated rings. The molecule has 0 saturated carbocycles. The van der Waals surface area contributed by atoms with Crippen LogP contribution < -0.4 is 4.72 Å². The molecule has 0 aliphatic heterocycles. The van der Waals surface area contributed by atoms with Gasteiger partial charge in [0.2, 0.25) is 0 Å². The van der Waals surface area contributed by atoms with E-state index in [1.165, 1.54) is 29.5 Å². The first-order chi connectivity index (χ1) is 13.3. The van der Waals surface area contributed by atoms with E-state index in [-0.39, 0.29) is 11.4 Å². The van der Waals surface area contributed by atoms with Crippen molar-refractivity contribution in [3.8, 4) is 10.6 Å². The van der Waals surface area contributed by atoms with Gasteiger partial charge in [-0.25, -0.2) is 23.1 Å². The second kappa shape index (κ2) is 8.72. The quantitative estimate of drug-likeness (QED) is 0.605. The molecule has 2 aromatic carbocycles. The fourth-order valence-corrected chi connectivity index (χ4v) is 4.50. The average Bonchev–Trinajstić information content (AvgIpc) is 3.03. The molecule has 8 heteroatoms. The molecular formula is C20H19FN2O3S2. The molecule has 0 saturated heterocycles.